The van der Waals surface area contributed by atoms with Crippen LogP contribution in [0.2, 0.25) is 0 Å². The van der Waals surface area contributed by atoms with Crippen molar-refractivity contribution in [2.75, 3.05) is 20.1 Å². The first kappa shape index (κ1) is 12.8. The Labute approximate surface area is 110 Å². The molecule has 0 radical (unpaired) electrons. The Bertz CT molecular complexity index is 650. The molecule has 1 heterocycles. The Balaban J connectivity index is 2.16. The molecule has 0 aliphatic carbocycles. The SMILES string of the molecule is CN(CC#N)CCc1ccc2c(c1)sc(=O)n2C. The van der Waals surface area contributed by atoms with Crippen LogP contribution < -0.4 is 4.87 Å². The highest BCUT2D eigenvalue weighted by atomic mass is 32.1. The number of hydrogen-bond acceptors (Lipinski definition) is 4. The van der Waals surface area contributed by atoms with Gasteiger partial charge in [-0.1, -0.05) is 17.4 Å². The Morgan fingerprint density at radius 2 is 2.28 bits per heavy atom. The van der Waals surface area contributed by atoms with E-state index in [-0.39, 0.29) is 4.87 Å². The van der Waals surface area contributed by atoms with E-state index in [1.807, 2.05) is 18.0 Å². The van der Waals surface area contributed by atoms with Gasteiger partial charge in [0, 0.05) is 13.6 Å². The fourth-order valence-electron chi connectivity index (χ4n) is 1.85. The quantitative estimate of drug-likeness (QED) is 0.785. The van der Waals surface area contributed by atoms with Crippen LogP contribution in [0.3, 0.4) is 0 Å². The molecule has 0 fully saturated rings. The van der Waals surface area contributed by atoms with Crippen molar-refractivity contribution < 1.29 is 0 Å². The zero-order valence-electron chi connectivity index (χ0n) is 10.5. The average molecular weight is 261 g/mol. The molecule has 4 nitrogen and oxygen atoms in total. The number of nitrogens with zero attached hydrogens (tertiary/aromatic N) is 3. The summed E-state index contributed by atoms with van der Waals surface area (Å²) in [5.74, 6) is 0. The van der Waals surface area contributed by atoms with Crippen LogP contribution in [-0.4, -0.2) is 29.6 Å². The molecule has 0 amide bonds. The smallest absolute Gasteiger partial charge is 0.302 e. The molecule has 94 valence electrons. The van der Waals surface area contributed by atoms with Crippen LogP contribution in [0.15, 0.2) is 23.0 Å². The Morgan fingerprint density at radius 3 is 3.00 bits per heavy atom. The van der Waals surface area contributed by atoms with E-state index in [2.05, 4.69) is 18.2 Å². The van der Waals surface area contributed by atoms with Gasteiger partial charge in [-0.15, -0.1) is 0 Å². The molecule has 1 aromatic heterocycles. The maximum atomic E-state index is 11.5. The summed E-state index contributed by atoms with van der Waals surface area (Å²) < 4.78 is 2.70. The van der Waals surface area contributed by atoms with Crippen LogP contribution in [0, 0.1) is 11.3 Å². The molecular formula is C13H15N3OS. The molecule has 2 rings (SSSR count). The first-order chi connectivity index (χ1) is 8.61. The maximum absolute atomic E-state index is 11.5. The minimum absolute atomic E-state index is 0.0729. The molecule has 18 heavy (non-hydrogen) atoms. The summed E-state index contributed by atoms with van der Waals surface area (Å²) in [6.45, 7) is 1.29. The van der Waals surface area contributed by atoms with E-state index in [9.17, 15) is 4.79 Å². The summed E-state index contributed by atoms with van der Waals surface area (Å²) in [6, 6.07) is 8.24. The van der Waals surface area contributed by atoms with Gasteiger partial charge in [-0.25, -0.2) is 0 Å². The van der Waals surface area contributed by atoms with Crippen molar-refractivity contribution in [1.82, 2.24) is 9.47 Å². The third kappa shape index (κ3) is 2.61. The molecular weight excluding hydrogens is 246 g/mol. The highest BCUT2D eigenvalue weighted by Crippen LogP contribution is 2.18. The van der Waals surface area contributed by atoms with E-state index in [1.165, 1.54) is 16.9 Å². The van der Waals surface area contributed by atoms with E-state index in [0.717, 1.165) is 23.2 Å². The third-order valence-electron chi connectivity index (χ3n) is 2.98. The Hall–Kier alpha value is -1.64. The van der Waals surface area contributed by atoms with Crippen molar-refractivity contribution in [3.05, 3.63) is 33.4 Å². The van der Waals surface area contributed by atoms with Gasteiger partial charge in [0.1, 0.15) is 0 Å². The van der Waals surface area contributed by atoms with Gasteiger partial charge in [0.2, 0.25) is 0 Å². The lowest BCUT2D eigenvalue weighted by Crippen LogP contribution is -2.21. The van der Waals surface area contributed by atoms with Gasteiger partial charge < -0.3 is 4.57 Å². The van der Waals surface area contributed by atoms with Crippen molar-refractivity contribution in [2.24, 2.45) is 7.05 Å². The molecule has 0 saturated heterocycles. The maximum Gasteiger partial charge on any atom is 0.307 e. The fraction of sp³-hybridized carbons (Fsp3) is 0.385. The van der Waals surface area contributed by atoms with E-state index in [0.29, 0.717) is 6.54 Å². The number of rotatable bonds is 4. The zero-order valence-corrected chi connectivity index (χ0v) is 11.3. The van der Waals surface area contributed by atoms with Crippen molar-refractivity contribution in [3.8, 4) is 6.07 Å². The molecule has 5 heteroatoms. The third-order valence-corrected chi connectivity index (χ3v) is 3.97. The number of aryl methyl sites for hydroxylation is 1. The molecule has 0 spiro atoms. The molecule has 0 aliphatic rings. The number of benzene rings is 1. The highest BCUT2D eigenvalue weighted by molar-refractivity contribution is 7.16. The van der Waals surface area contributed by atoms with Gasteiger partial charge in [-0.3, -0.25) is 9.69 Å². The summed E-state index contributed by atoms with van der Waals surface area (Å²) >= 11 is 1.28. The lowest BCUT2D eigenvalue weighted by atomic mass is 10.1. The van der Waals surface area contributed by atoms with E-state index >= 15 is 0 Å². The Kier molecular flexibility index (Phi) is 3.80. The Morgan fingerprint density at radius 1 is 1.50 bits per heavy atom. The zero-order chi connectivity index (χ0) is 13.1. The second kappa shape index (κ2) is 5.34. The van der Waals surface area contributed by atoms with Crippen LogP contribution in [0.4, 0.5) is 0 Å². The van der Waals surface area contributed by atoms with Crippen molar-refractivity contribution >= 4 is 21.6 Å². The molecule has 0 saturated carbocycles. The molecule has 2 aromatic rings. The molecule has 0 N–H and O–H groups in total. The predicted octanol–water partition coefficient (Wildman–Crippen LogP) is 1.60. The summed E-state index contributed by atoms with van der Waals surface area (Å²) in [4.78, 5) is 13.6. The largest absolute Gasteiger partial charge is 0.307 e. The number of fused-ring (bicyclic) bond motifs is 1. The van der Waals surface area contributed by atoms with E-state index in [1.54, 1.807) is 11.6 Å². The van der Waals surface area contributed by atoms with Crippen molar-refractivity contribution in [3.63, 3.8) is 0 Å². The lowest BCUT2D eigenvalue weighted by Gasteiger charge is -2.11. The van der Waals surface area contributed by atoms with Crippen LogP contribution in [0.5, 0.6) is 0 Å². The number of likely N-dealkylation sites (N-methyl/N-ethyl adjacent to an activating group) is 1. The first-order valence-electron chi connectivity index (χ1n) is 5.76. The molecule has 1 aromatic carbocycles. The second-order valence-corrected chi connectivity index (χ2v) is 5.37. The molecule has 0 unspecified atom stereocenters. The van der Waals surface area contributed by atoms with Gasteiger partial charge >= 0.3 is 4.87 Å². The number of aromatic nitrogens is 1. The van der Waals surface area contributed by atoms with Gasteiger partial charge in [-0.2, -0.15) is 5.26 Å². The number of thiazole rings is 1. The minimum atomic E-state index is 0.0729. The molecule has 0 bridgehead atoms. The summed E-state index contributed by atoms with van der Waals surface area (Å²) in [7, 11) is 3.73. The summed E-state index contributed by atoms with van der Waals surface area (Å²) in [5.41, 5.74) is 2.19. The van der Waals surface area contributed by atoms with Gasteiger partial charge in [0.25, 0.3) is 0 Å². The fourth-order valence-corrected chi connectivity index (χ4v) is 2.80. The minimum Gasteiger partial charge on any atom is -0.302 e. The lowest BCUT2D eigenvalue weighted by molar-refractivity contribution is 0.379. The second-order valence-electron chi connectivity index (χ2n) is 4.37. The first-order valence-corrected chi connectivity index (χ1v) is 6.57. The predicted molar refractivity (Wildman–Crippen MR) is 73.9 cm³/mol. The van der Waals surface area contributed by atoms with Crippen LogP contribution >= 0.6 is 11.3 Å². The molecule has 0 atom stereocenters. The average Bonchev–Trinajstić information content (AvgIpc) is 2.63. The van der Waals surface area contributed by atoms with Crippen LogP contribution in [0.25, 0.3) is 10.2 Å². The van der Waals surface area contributed by atoms with E-state index < -0.39 is 0 Å². The standard InChI is InChI=1S/C13H15N3OS/c1-15(8-6-14)7-5-10-3-4-11-12(9-10)18-13(17)16(11)2/h3-4,9H,5,7-8H2,1-2H3. The topological polar surface area (TPSA) is 49.0 Å². The summed E-state index contributed by atoms with van der Waals surface area (Å²) in [6.07, 6.45) is 0.893. The van der Waals surface area contributed by atoms with Gasteiger partial charge in [0.15, 0.2) is 0 Å². The van der Waals surface area contributed by atoms with Crippen LogP contribution in [-0.2, 0) is 13.5 Å². The highest BCUT2D eigenvalue weighted by Gasteiger charge is 2.05. The molecule has 0 aliphatic heterocycles. The van der Waals surface area contributed by atoms with Crippen molar-refractivity contribution in [1.29, 1.82) is 5.26 Å². The number of hydrogen-bond donors (Lipinski definition) is 0. The normalized spacial score (nSPS) is 11.0. The van der Waals surface area contributed by atoms with Gasteiger partial charge in [0.05, 0.1) is 22.8 Å². The van der Waals surface area contributed by atoms with E-state index in [4.69, 9.17) is 5.26 Å². The number of nitriles is 1. The van der Waals surface area contributed by atoms with Gasteiger partial charge in [-0.05, 0) is 31.2 Å². The summed E-state index contributed by atoms with van der Waals surface area (Å²) in [5, 5.41) is 8.58. The van der Waals surface area contributed by atoms with Crippen LogP contribution in [0.1, 0.15) is 5.56 Å². The monoisotopic (exact) mass is 261 g/mol. The van der Waals surface area contributed by atoms with Crippen molar-refractivity contribution in [2.45, 2.75) is 6.42 Å².